The van der Waals surface area contributed by atoms with Crippen LogP contribution in [0.3, 0.4) is 0 Å². The van der Waals surface area contributed by atoms with E-state index in [1.54, 1.807) is 17.7 Å². The van der Waals surface area contributed by atoms with Crippen LogP contribution in [0.5, 0.6) is 0 Å². The second-order valence-corrected chi connectivity index (χ2v) is 4.60. The molecule has 0 unspecified atom stereocenters. The van der Waals surface area contributed by atoms with E-state index in [0.29, 0.717) is 13.2 Å². The van der Waals surface area contributed by atoms with E-state index < -0.39 is 0 Å². The van der Waals surface area contributed by atoms with E-state index in [1.165, 1.54) is 0 Å². The van der Waals surface area contributed by atoms with Gasteiger partial charge in [0.1, 0.15) is 0 Å². The quantitative estimate of drug-likeness (QED) is 0.780. The SMILES string of the molecule is COCCn1c(C)cc(NCCN(C)C)cc1=O. The molecule has 0 aliphatic heterocycles. The normalized spacial score (nSPS) is 10.9. The Bertz CT molecular complexity index is 427. The zero-order chi connectivity index (χ0) is 13.5. The van der Waals surface area contributed by atoms with Crippen molar-refractivity contribution in [2.45, 2.75) is 13.5 Å². The largest absolute Gasteiger partial charge is 0.384 e. The molecule has 1 heterocycles. The minimum atomic E-state index is 0.0133. The van der Waals surface area contributed by atoms with Crippen molar-refractivity contribution >= 4 is 5.69 Å². The maximum absolute atomic E-state index is 11.9. The summed E-state index contributed by atoms with van der Waals surface area (Å²) in [5.41, 5.74) is 1.85. The van der Waals surface area contributed by atoms with Gasteiger partial charge in [0.05, 0.1) is 6.61 Å². The number of ether oxygens (including phenoxy) is 1. The van der Waals surface area contributed by atoms with Gasteiger partial charge in [0.15, 0.2) is 0 Å². The van der Waals surface area contributed by atoms with Crippen LogP contribution < -0.4 is 10.9 Å². The van der Waals surface area contributed by atoms with E-state index in [9.17, 15) is 4.79 Å². The summed E-state index contributed by atoms with van der Waals surface area (Å²) in [6.45, 7) is 4.85. The van der Waals surface area contributed by atoms with Crippen LogP contribution in [0, 0.1) is 6.92 Å². The Balaban J connectivity index is 2.70. The fourth-order valence-electron chi connectivity index (χ4n) is 1.72. The van der Waals surface area contributed by atoms with Crippen molar-refractivity contribution in [3.8, 4) is 0 Å². The summed E-state index contributed by atoms with van der Waals surface area (Å²) in [6.07, 6.45) is 0. The highest BCUT2D eigenvalue weighted by Gasteiger charge is 2.03. The number of aryl methyl sites for hydroxylation is 1. The number of methoxy groups -OCH3 is 1. The molecular weight excluding hydrogens is 230 g/mol. The maximum Gasteiger partial charge on any atom is 0.252 e. The van der Waals surface area contributed by atoms with Gasteiger partial charge in [-0.05, 0) is 27.1 Å². The Morgan fingerprint density at radius 1 is 1.39 bits per heavy atom. The molecule has 1 aromatic heterocycles. The number of hydrogen-bond donors (Lipinski definition) is 1. The third-order valence-corrected chi connectivity index (χ3v) is 2.74. The second kappa shape index (κ2) is 7.18. The van der Waals surface area contributed by atoms with Crippen molar-refractivity contribution in [2.24, 2.45) is 0 Å². The standard InChI is InChI=1S/C13H23N3O2/c1-11-9-12(14-5-6-15(2)3)10-13(17)16(11)7-8-18-4/h9-10,14H,5-8H2,1-4H3. The fraction of sp³-hybridized carbons (Fsp3) is 0.615. The number of anilines is 1. The molecule has 0 aliphatic carbocycles. The first-order valence-electron chi connectivity index (χ1n) is 6.13. The number of likely N-dealkylation sites (N-methyl/N-ethyl adjacent to an activating group) is 1. The van der Waals surface area contributed by atoms with Crippen LogP contribution in [0.2, 0.25) is 0 Å². The first kappa shape index (κ1) is 14.7. The van der Waals surface area contributed by atoms with Crippen LogP contribution in [0.1, 0.15) is 5.69 Å². The van der Waals surface area contributed by atoms with Crippen molar-refractivity contribution in [1.82, 2.24) is 9.47 Å². The summed E-state index contributed by atoms with van der Waals surface area (Å²) in [6, 6.07) is 3.63. The lowest BCUT2D eigenvalue weighted by Crippen LogP contribution is -2.25. The number of rotatable bonds is 7. The molecule has 0 atom stereocenters. The van der Waals surface area contributed by atoms with E-state index in [4.69, 9.17) is 4.74 Å². The van der Waals surface area contributed by atoms with Gasteiger partial charge in [0.2, 0.25) is 0 Å². The second-order valence-electron chi connectivity index (χ2n) is 4.60. The highest BCUT2D eigenvalue weighted by atomic mass is 16.5. The zero-order valence-corrected chi connectivity index (χ0v) is 11.7. The van der Waals surface area contributed by atoms with Crippen molar-refractivity contribution in [1.29, 1.82) is 0 Å². The predicted molar refractivity (Wildman–Crippen MR) is 74.4 cm³/mol. The van der Waals surface area contributed by atoms with Crippen LogP contribution in [0.15, 0.2) is 16.9 Å². The Kier molecular flexibility index (Phi) is 5.88. The Morgan fingerprint density at radius 2 is 2.11 bits per heavy atom. The minimum absolute atomic E-state index is 0.0133. The monoisotopic (exact) mass is 253 g/mol. The molecule has 1 N–H and O–H groups in total. The molecule has 18 heavy (non-hydrogen) atoms. The van der Waals surface area contributed by atoms with Crippen LogP contribution in [0.4, 0.5) is 5.69 Å². The van der Waals surface area contributed by atoms with Gasteiger partial charge < -0.3 is 19.5 Å². The molecule has 0 amide bonds. The van der Waals surface area contributed by atoms with Gasteiger partial charge in [-0.25, -0.2) is 0 Å². The third-order valence-electron chi connectivity index (χ3n) is 2.74. The molecule has 0 radical (unpaired) electrons. The summed E-state index contributed by atoms with van der Waals surface area (Å²) in [7, 11) is 5.68. The van der Waals surface area contributed by atoms with E-state index >= 15 is 0 Å². The number of pyridine rings is 1. The molecule has 0 spiro atoms. The van der Waals surface area contributed by atoms with E-state index in [-0.39, 0.29) is 5.56 Å². The van der Waals surface area contributed by atoms with Gasteiger partial charge in [-0.3, -0.25) is 4.79 Å². The fourth-order valence-corrected chi connectivity index (χ4v) is 1.72. The summed E-state index contributed by atoms with van der Waals surface area (Å²) < 4.78 is 6.72. The maximum atomic E-state index is 11.9. The van der Waals surface area contributed by atoms with Crippen LogP contribution in [-0.2, 0) is 11.3 Å². The average molecular weight is 253 g/mol. The Hall–Kier alpha value is -1.33. The van der Waals surface area contributed by atoms with Gasteiger partial charge in [-0.1, -0.05) is 0 Å². The Labute approximate surface area is 108 Å². The Morgan fingerprint density at radius 3 is 2.67 bits per heavy atom. The molecule has 1 aromatic rings. The van der Waals surface area contributed by atoms with Crippen molar-refractivity contribution in [3.63, 3.8) is 0 Å². The average Bonchev–Trinajstić information content (AvgIpc) is 2.27. The van der Waals surface area contributed by atoms with E-state index in [2.05, 4.69) is 10.2 Å². The third kappa shape index (κ3) is 4.50. The lowest BCUT2D eigenvalue weighted by molar-refractivity contribution is 0.185. The predicted octanol–water partition coefficient (Wildman–Crippen LogP) is 0.777. The first-order valence-corrected chi connectivity index (χ1v) is 6.13. The minimum Gasteiger partial charge on any atom is -0.384 e. The molecule has 102 valence electrons. The van der Waals surface area contributed by atoms with Gasteiger partial charge >= 0.3 is 0 Å². The molecule has 0 saturated heterocycles. The number of aromatic nitrogens is 1. The number of nitrogens with zero attached hydrogens (tertiary/aromatic N) is 2. The smallest absolute Gasteiger partial charge is 0.252 e. The summed E-state index contributed by atoms with van der Waals surface area (Å²) in [5, 5.41) is 3.25. The molecule has 0 fully saturated rings. The number of nitrogens with one attached hydrogen (secondary N) is 1. The first-order chi connectivity index (χ1) is 8.54. The molecule has 0 aromatic carbocycles. The van der Waals surface area contributed by atoms with Crippen LogP contribution in [0.25, 0.3) is 0 Å². The lowest BCUT2D eigenvalue weighted by atomic mass is 10.3. The molecule has 0 bridgehead atoms. The molecular formula is C13H23N3O2. The lowest BCUT2D eigenvalue weighted by Gasteiger charge is -2.14. The van der Waals surface area contributed by atoms with Crippen molar-refractivity contribution < 1.29 is 4.74 Å². The van der Waals surface area contributed by atoms with Crippen LogP contribution in [-0.4, -0.2) is 50.4 Å². The highest BCUT2D eigenvalue weighted by Crippen LogP contribution is 2.06. The number of hydrogen-bond acceptors (Lipinski definition) is 4. The highest BCUT2D eigenvalue weighted by molar-refractivity contribution is 5.43. The summed E-state index contributed by atoms with van der Waals surface area (Å²) >= 11 is 0. The van der Waals surface area contributed by atoms with Crippen molar-refractivity contribution in [3.05, 3.63) is 28.2 Å². The van der Waals surface area contributed by atoms with Crippen LogP contribution >= 0.6 is 0 Å². The molecule has 1 rings (SSSR count). The molecule has 0 saturated carbocycles. The summed E-state index contributed by atoms with van der Waals surface area (Å²) in [5.74, 6) is 0. The van der Waals surface area contributed by atoms with Gasteiger partial charge in [-0.2, -0.15) is 0 Å². The topological polar surface area (TPSA) is 46.5 Å². The van der Waals surface area contributed by atoms with Gasteiger partial charge in [0.25, 0.3) is 5.56 Å². The van der Waals surface area contributed by atoms with Gasteiger partial charge in [-0.15, -0.1) is 0 Å². The molecule has 5 heteroatoms. The summed E-state index contributed by atoms with van der Waals surface area (Å²) in [4.78, 5) is 14.0. The molecule has 0 aliphatic rings. The van der Waals surface area contributed by atoms with E-state index in [0.717, 1.165) is 24.5 Å². The van der Waals surface area contributed by atoms with Gasteiger partial charge in [0, 0.05) is 44.2 Å². The molecule has 5 nitrogen and oxygen atoms in total. The van der Waals surface area contributed by atoms with E-state index in [1.807, 2.05) is 27.1 Å². The zero-order valence-electron chi connectivity index (χ0n) is 11.7. The van der Waals surface area contributed by atoms with Crippen molar-refractivity contribution in [2.75, 3.05) is 46.2 Å².